The molecule has 1 saturated carbocycles. The van der Waals surface area contributed by atoms with Gasteiger partial charge in [-0.3, -0.25) is 4.90 Å². The second-order valence-corrected chi connectivity index (χ2v) is 5.95. The Bertz CT molecular complexity index is 355. The molecular formula is C16H26N2. The summed E-state index contributed by atoms with van der Waals surface area (Å²) in [4.78, 5) is 2.58. The summed E-state index contributed by atoms with van der Waals surface area (Å²) >= 11 is 0. The van der Waals surface area contributed by atoms with Crippen molar-refractivity contribution in [3.05, 3.63) is 35.9 Å². The van der Waals surface area contributed by atoms with Crippen LogP contribution in [0.1, 0.15) is 45.2 Å². The molecule has 2 atom stereocenters. The zero-order chi connectivity index (χ0) is 13.1. The zero-order valence-corrected chi connectivity index (χ0v) is 11.8. The Morgan fingerprint density at radius 2 is 1.78 bits per heavy atom. The first-order valence-corrected chi connectivity index (χ1v) is 7.16. The lowest BCUT2D eigenvalue weighted by atomic mass is 9.97. The summed E-state index contributed by atoms with van der Waals surface area (Å²) in [6, 6.07) is 11.7. The largest absolute Gasteiger partial charge is 0.326 e. The summed E-state index contributed by atoms with van der Waals surface area (Å²) in [5.74, 6) is 0.900. The fourth-order valence-electron chi connectivity index (χ4n) is 2.69. The van der Waals surface area contributed by atoms with Gasteiger partial charge in [-0.15, -0.1) is 0 Å². The van der Waals surface area contributed by atoms with E-state index < -0.39 is 0 Å². The monoisotopic (exact) mass is 246 g/mol. The maximum atomic E-state index is 6.26. The lowest BCUT2D eigenvalue weighted by molar-refractivity contribution is 0.129. The van der Waals surface area contributed by atoms with Crippen molar-refractivity contribution in [2.45, 2.75) is 51.7 Å². The predicted molar refractivity (Wildman–Crippen MR) is 77.4 cm³/mol. The van der Waals surface area contributed by atoms with Crippen molar-refractivity contribution in [1.82, 2.24) is 4.90 Å². The van der Waals surface area contributed by atoms with Crippen LogP contribution in [0.2, 0.25) is 0 Å². The Kier molecular flexibility index (Phi) is 4.41. The van der Waals surface area contributed by atoms with Crippen molar-refractivity contribution in [2.24, 2.45) is 11.7 Å². The molecule has 1 aliphatic carbocycles. The van der Waals surface area contributed by atoms with Gasteiger partial charge < -0.3 is 5.73 Å². The van der Waals surface area contributed by atoms with Crippen LogP contribution in [0.3, 0.4) is 0 Å². The van der Waals surface area contributed by atoms with E-state index in [1.54, 1.807) is 0 Å². The van der Waals surface area contributed by atoms with Gasteiger partial charge >= 0.3 is 0 Å². The molecule has 0 heterocycles. The summed E-state index contributed by atoms with van der Waals surface area (Å²) in [6.07, 6.45) is 2.79. The molecule has 0 bridgehead atoms. The van der Waals surface area contributed by atoms with Crippen molar-refractivity contribution >= 4 is 0 Å². The third kappa shape index (κ3) is 3.33. The molecule has 2 heteroatoms. The van der Waals surface area contributed by atoms with Crippen molar-refractivity contribution in [3.63, 3.8) is 0 Å². The first kappa shape index (κ1) is 13.6. The van der Waals surface area contributed by atoms with Gasteiger partial charge in [0, 0.05) is 24.7 Å². The average molecular weight is 246 g/mol. The third-order valence-electron chi connectivity index (χ3n) is 3.83. The maximum Gasteiger partial charge on any atom is 0.0499 e. The zero-order valence-electron chi connectivity index (χ0n) is 11.8. The van der Waals surface area contributed by atoms with Crippen LogP contribution in [0.25, 0.3) is 0 Å². The summed E-state index contributed by atoms with van der Waals surface area (Å²) in [6.45, 7) is 7.88. The molecule has 0 spiro atoms. The average Bonchev–Trinajstić information content (AvgIpc) is 3.13. The number of hydrogen-bond acceptors (Lipinski definition) is 2. The smallest absolute Gasteiger partial charge is 0.0499 e. The van der Waals surface area contributed by atoms with E-state index in [9.17, 15) is 0 Å². The standard InChI is InChI=1S/C16H26N2/c1-12(2)18(11-14-9-10-14)16(13(3)17)15-7-5-4-6-8-15/h4-8,12-14,16H,9-11,17H2,1-3H3. The molecule has 2 N–H and O–H groups in total. The Morgan fingerprint density at radius 1 is 1.17 bits per heavy atom. The van der Waals surface area contributed by atoms with Crippen molar-refractivity contribution in [2.75, 3.05) is 6.54 Å². The Balaban J connectivity index is 2.20. The van der Waals surface area contributed by atoms with Crippen LogP contribution in [-0.4, -0.2) is 23.5 Å². The Hall–Kier alpha value is -0.860. The van der Waals surface area contributed by atoms with E-state index in [0.29, 0.717) is 12.1 Å². The molecule has 0 amide bonds. The highest BCUT2D eigenvalue weighted by Crippen LogP contribution is 2.34. The molecule has 2 unspecified atom stereocenters. The molecule has 100 valence electrons. The minimum absolute atomic E-state index is 0.161. The summed E-state index contributed by atoms with van der Waals surface area (Å²) in [5, 5.41) is 0. The highest BCUT2D eigenvalue weighted by atomic mass is 15.2. The van der Waals surface area contributed by atoms with Crippen LogP contribution in [0, 0.1) is 5.92 Å². The molecule has 1 aromatic carbocycles. The molecule has 0 radical (unpaired) electrons. The molecule has 0 aromatic heterocycles. The summed E-state index contributed by atoms with van der Waals surface area (Å²) in [5.41, 5.74) is 7.61. The van der Waals surface area contributed by atoms with E-state index in [2.05, 4.69) is 56.0 Å². The van der Waals surface area contributed by atoms with Gasteiger partial charge in [0.15, 0.2) is 0 Å². The minimum Gasteiger partial charge on any atom is -0.326 e. The molecule has 1 aliphatic rings. The first-order valence-electron chi connectivity index (χ1n) is 7.16. The lowest BCUT2D eigenvalue weighted by Crippen LogP contribution is -2.44. The highest BCUT2D eigenvalue weighted by molar-refractivity contribution is 5.21. The fourth-order valence-corrected chi connectivity index (χ4v) is 2.69. The number of nitrogens with zero attached hydrogens (tertiary/aromatic N) is 1. The van der Waals surface area contributed by atoms with Gasteiger partial charge in [-0.2, -0.15) is 0 Å². The van der Waals surface area contributed by atoms with E-state index in [-0.39, 0.29) is 6.04 Å². The third-order valence-corrected chi connectivity index (χ3v) is 3.83. The topological polar surface area (TPSA) is 29.3 Å². The quantitative estimate of drug-likeness (QED) is 0.835. The van der Waals surface area contributed by atoms with E-state index in [0.717, 1.165) is 5.92 Å². The molecule has 0 saturated heterocycles. The van der Waals surface area contributed by atoms with Crippen LogP contribution in [0.5, 0.6) is 0 Å². The van der Waals surface area contributed by atoms with Crippen molar-refractivity contribution < 1.29 is 0 Å². The van der Waals surface area contributed by atoms with E-state index >= 15 is 0 Å². The summed E-state index contributed by atoms with van der Waals surface area (Å²) < 4.78 is 0. The number of benzene rings is 1. The number of rotatable bonds is 6. The van der Waals surface area contributed by atoms with Crippen LogP contribution in [0.4, 0.5) is 0 Å². The predicted octanol–water partition coefficient (Wildman–Crippen LogP) is 3.20. The highest BCUT2D eigenvalue weighted by Gasteiger charge is 2.31. The number of hydrogen-bond donors (Lipinski definition) is 1. The molecule has 2 rings (SSSR count). The second-order valence-electron chi connectivity index (χ2n) is 5.95. The van der Waals surface area contributed by atoms with Gasteiger partial charge in [0.1, 0.15) is 0 Å². The van der Waals surface area contributed by atoms with Gasteiger partial charge in [0.2, 0.25) is 0 Å². The van der Waals surface area contributed by atoms with E-state index in [1.165, 1.54) is 24.9 Å². The molecule has 0 aliphatic heterocycles. The first-order chi connectivity index (χ1) is 8.59. The molecule has 1 fully saturated rings. The molecule has 1 aromatic rings. The Morgan fingerprint density at radius 3 is 2.22 bits per heavy atom. The maximum absolute atomic E-state index is 6.26. The lowest BCUT2D eigenvalue weighted by Gasteiger charge is -2.37. The molecular weight excluding hydrogens is 220 g/mol. The SMILES string of the molecule is CC(N)C(c1ccccc1)N(CC1CC1)C(C)C. The van der Waals surface area contributed by atoms with Gasteiger partial charge in [0.05, 0.1) is 0 Å². The van der Waals surface area contributed by atoms with Crippen LogP contribution in [0.15, 0.2) is 30.3 Å². The van der Waals surface area contributed by atoms with Gasteiger partial charge in [-0.25, -0.2) is 0 Å². The fraction of sp³-hybridized carbons (Fsp3) is 0.625. The van der Waals surface area contributed by atoms with Gasteiger partial charge in [-0.1, -0.05) is 30.3 Å². The number of nitrogens with two attached hydrogens (primary N) is 1. The molecule has 18 heavy (non-hydrogen) atoms. The Labute approximate surface area is 111 Å². The summed E-state index contributed by atoms with van der Waals surface area (Å²) in [7, 11) is 0. The van der Waals surface area contributed by atoms with Crippen LogP contribution in [-0.2, 0) is 0 Å². The minimum atomic E-state index is 0.161. The van der Waals surface area contributed by atoms with Crippen molar-refractivity contribution in [1.29, 1.82) is 0 Å². The normalized spacial score (nSPS) is 19.2. The van der Waals surface area contributed by atoms with Crippen LogP contribution >= 0.6 is 0 Å². The second kappa shape index (κ2) is 5.85. The van der Waals surface area contributed by atoms with Crippen LogP contribution < -0.4 is 5.73 Å². The van der Waals surface area contributed by atoms with Gasteiger partial charge in [0.25, 0.3) is 0 Å². The van der Waals surface area contributed by atoms with E-state index in [4.69, 9.17) is 5.73 Å². The molecule has 2 nitrogen and oxygen atoms in total. The van der Waals surface area contributed by atoms with E-state index in [1.807, 2.05) is 0 Å². The van der Waals surface area contributed by atoms with Crippen molar-refractivity contribution in [3.8, 4) is 0 Å². The van der Waals surface area contributed by atoms with Gasteiger partial charge in [-0.05, 0) is 45.1 Å².